The molecule has 8 heteroatoms. The van der Waals surface area contributed by atoms with Crippen molar-refractivity contribution in [1.82, 2.24) is 14.9 Å². The lowest BCUT2D eigenvalue weighted by atomic mass is 10.2. The van der Waals surface area contributed by atoms with Crippen molar-refractivity contribution in [2.75, 3.05) is 6.54 Å². The van der Waals surface area contributed by atoms with Gasteiger partial charge in [0.05, 0.1) is 18.5 Å². The maximum Gasteiger partial charge on any atom is 0.326 e. The van der Waals surface area contributed by atoms with Crippen LogP contribution in [0.2, 0.25) is 5.15 Å². The molecule has 0 spiro atoms. The molecule has 0 aliphatic carbocycles. The summed E-state index contributed by atoms with van der Waals surface area (Å²) in [4.78, 5) is 31.6. The van der Waals surface area contributed by atoms with E-state index in [1.165, 1.54) is 12.4 Å². The number of aromatic nitrogens is 2. The van der Waals surface area contributed by atoms with Crippen LogP contribution in [0.5, 0.6) is 0 Å². The topological polar surface area (TPSA) is 104 Å². The first-order valence-electron chi connectivity index (χ1n) is 5.18. The lowest BCUT2D eigenvalue weighted by Gasteiger charge is -2.20. The Morgan fingerprint density at radius 3 is 2.67 bits per heavy atom. The fourth-order valence-electron chi connectivity index (χ4n) is 1.84. The smallest absolute Gasteiger partial charge is 0.326 e. The minimum Gasteiger partial charge on any atom is -0.480 e. The van der Waals surface area contributed by atoms with E-state index in [4.69, 9.17) is 16.7 Å². The van der Waals surface area contributed by atoms with Crippen LogP contribution in [0.3, 0.4) is 0 Å². The van der Waals surface area contributed by atoms with Gasteiger partial charge in [-0.05, 0) is 0 Å². The number of aliphatic hydroxyl groups excluding tert-OH is 1. The number of hydrogen-bond acceptors (Lipinski definition) is 5. The minimum atomic E-state index is -1.15. The number of β-amino-alcohol motifs (C(OH)–C–C–N with tert-alkyl or cyclic N) is 1. The molecule has 0 radical (unpaired) electrons. The van der Waals surface area contributed by atoms with Crippen molar-refractivity contribution < 1.29 is 19.8 Å². The van der Waals surface area contributed by atoms with Crippen molar-refractivity contribution in [2.45, 2.75) is 18.6 Å². The summed E-state index contributed by atoms with van der Waals surface area (Å²) in [5, 5.41) is 18.6. The Balaban J connectivity index is 2.22. The van der Waals surface area contributed by atoms with Crippen molar-refractivity contribution in [3.05, 3.63) is 23.2 Å². The maximum atomic E-state index is 12.0. The van der Waals surface area contributed by atoms with E-state index in [2.05, 4.69) is 9.97 Å². The number of carbonyl (C=O) groups excluding carboxylic acids is 1. The molecule has 2 rings (SSSR count). The molecule has 0 bridgehead atoms. The van der Waals surface area contributed by atoms with Crippen molar-refractivity contribution in [1.29, 1.82) is 0 Å². The Bertz CT molecular complexity index is 479. The molecule has 0 saturated carbocycles. The van der Waals surface area contributed by atoms with E-state index in [1.54, 1.807) is 0 Å². The number of likely N-dealkylation sites (tertiary alicyclic amines) is 1. The molecule has 1 fully saturated rings. The van der Waals surface area contributed by atoms with E-state index in [9.17, 15) is 14.7 Å². The Kier molecular flexibility index (Phi) is 3.44. The van der Waals surface area contributed by atoms with Crippen LogP contribution in [0.1, 0.15) is 16.9 Å². The molecule has 2 N–H and O–H groups in total. The molecule has 1 amide bonds. The van der Waals surface area contributed by atoms with E-state index < -0.39 is 24.0 Å². The van der Waals surface area contributed by atoms with Gasteiger partial charge in [-0.15, -0.1) is 0 Å². The third kappa shape index (κ3) is 2.41. The Morgan fingerprint density at radius 1 is 1.39 bits per heavy atom. The van der Waals surface area contributed by atoms with Crippen LogP contribution in [0.25, 0.3) is 0 Å². The lowest BCUT2D eigenvalue weighted by Crippen LogP contribution is -2.41. The lowest BCUT2D eigenvalue weighted by molar-refractivity contribution is -0.141. The van der Waals surface area contributed by atoms with Gasteiger partial charge in [-0.2, -0.15) is 0 Å². The summed E-state index contributed by atoms with van der Waals surface area (Å²) in [6.45, 7) is -0.0277. The number of aliphatic carboxylic acids is 1. The third-order valence-corrected chi connectivity index (χ3v) is 2.86. The number of carbonyl (C=O) groups is 2. The second kappa shape index (κ2) is 4.87. The summed E-state index contributed by atoms with van der Waals surface area (Å²) in [6, 6.07) is -1.04. The zero-order valence-corrected chi connectivity index (χ0v) is 9.91. The van der Waals surface area contributed by atoms with E-state index in [0.29, 0.717) is 0 Å². The zero-order valence-electron chi connectivity index (χ0n) is 9.15. The monoisotopic (exact) mass is 271 g/mol. The number of amides is 1. The first-order chi connectivity index (χ1) is 8.49. The SMILES string of the molecule is O=C(O)[C@H]1C[C@@H](O)CN1C(=O)c1cnc(Cl)cn1. The molecular formula is C10H10ClN3O4. The van der Waals surface area contributed by atoms with Crippen molar-refractivity contribution in [3.8, 4) is 0 Å². The average Bonchev–Trinajstić information content (AvgIpc) is 2.71. The van der Waals surface area contributed by atoms with Gasteiger partial charge in [0, 0.05) is 13.0 Å². The van der Waals surface area contributed by atoms with Gasteiger partial charge in [-0.1, -0.05) is 11.6 Å². The van der Waals surface area contributed by atoms with Gasteiger partial charge in [0.2, 0.25) is 0 Å². The van der Waals surface area contributed by atoms with Crippen molar-refractivity contribution in [3.63, 3.8) is 0 Å². The van der Waals surface area contributed by atoms with E-state index >= 15 is 0 Å². The first kappa shape index (κ1) is 12.7. The van der Waals surface area contributed by atoms with Gasteiger partial charge in [-0.3, -0.25) is 4.79 Å². The molecule has 2 heterocycles. The fraction of sp³-hybridized carbons (Fsp3) is 0.400. The Morgan fingerprint density at radius 2 is 2.11 bits per heavy atom. The summed E-state index contributed by atoms with van der Waals surface area (Å²) in [5.41, 5.74) is -0.000231. The van der Waals surface area contributed by atoms with Crippen LogP contribution in [0, 0.1) is 0 Å². The number of hydrogen-bond donors (Lipinski definition) is 2. The van der Waals surface area contributed by atoms with Gasteiger partial charge < -0.3 is 15.1 Å². The fourth-order valence-corrected chi connectivity index (χ4v) is 1.94. The third-order valence-electron chi connectivity index (χ3n) is 2.66. The van der Waals surface area contributed by atoms with Crippen LogP contribution in [0.4, 0.5) is 0 Å². The summed E-state index contributed by atoms with van der Waals surface area (Å²) < 4.78 is 0. The molecule has 96 valence electrons. The highest BCUT2D eigenvalue weighted by atomic mass is 35.5. The number of carboxylic acids is 1. The largest absolute Gasteiger partial charge is 0.480 e. The summed E-state index contributed by atoms with van der Waals surface area (Å²) in [6.07, 6.45) is 1.56. The molecule has 7 nitrogen and oxygen atoms in total. The maximum absolute atomic E-state index is 12.0. The number of rotatable bonds is 2. The molecule has 0 aromatic carbocycles. The number of halogens is 1. The molecule has 1 aliphatic heterocycles. The molecule has 1 aromatic rings. The van der Waals surface area contributed by atoms with Crippen molar-refractivity contribution in [2.24, 2.45) is 0 Å². The molecule has 1 saturated heterocycles. The van der Waals surface area contributed by atoms with Crippen molar-refractivity contribution >= 4 is 23.5 Å². The van der Waals surface area contributed by atoms with Gasteiger partial charge >= 0.3 is 5.97 Å². The standard InChI is InChI=1S/C10H10ClN3O4/c11-8-3-12-6(2-13-8)9(16)14-4-5(15)1-7(14)10(17)18/h2-3,5,7,15H,1,4H2,(H,17,18)/t5-,7-/m1/s1. The predicted molar refractivity (Wildman–Crippen MR) is 60.1 cm³/mol. The highest BCUT2D eigenvalue weighted by Crippen LogP contribution is 2.20. The summed E-state index contributed by atoms with van der Waals surface area (Å²) in [7, 11) is 0. The van der Waals surface area contributed by atoms with E-state index in [0.717, 1.165) is 4.90 Å². The molecule has 1 aromatic heterocycles. The molecule has 18 heavy (non-hydrogen) atoms. The highest BCUT2D eigenvalue weighted by Gasteiger charge is 2.39. The molecule has 0 unspecified atom stereocenters. The molecule has 2 atom stereocenters. The Hall–Kier alpha value is -1.73. The second-order valence-corrected chi connectivity index (χ2v) is 4.31. The van der Waals surface area contributed by atoms with Crippen LogP contribution in [-0.4, -0.2) is 55.6 Å². The van der Waals surface area contributed by atoms with Crippen LogP contribution < -0.4 is 0 Å². The predicted octanol–water partition coefficient (Wildman–Crippen LogP) is -0.210. The van der Waals surface area contributed by atoms with Crippen LogP contribution in [-0.2, 0) is 4.79 Å². The minimum absolute atomic E-state index is 0.000231. The van der Waals surface area contributed by atoms with Crippen LogP contribution in [0.15, 0.2) is 12.4 Å². The van der Waals surface area contributed by atoms with Gasteiger partial charge in [0.25, 0.3) is 5.91 Å². The number of aliphatic hydroxyl groups is 1. The second-order valence-electron chi connectivity index (χ2n) is 3.93. The van der Waals surface area contributed by atoms with Gasteiger partial charge in [-0.25, -0.2) is 14.8 Å². The summed E-state index contributed by atoms with van der Waals surface area (Å²) in [5.74, 6) is -1.73. The summed E-state index contributed by atoms with van der Waals surface area (Å²) >= 11 is 5.55. The van der Waals surface area contributed by atoms with E-state index in [-0.39, 0.29) is 23.8 Å². The first-order valence-corrected chi connectivity index (χ1v) is 5.56. The molecular weight excluding hydrogens is 262 g/mol. The quantitative estimate of drug-likeness (QED) is 0.771. The molecule has 1 aliphatic rings. The van der Waals surface area contributed by atoms with E-state index in [1.807, 2.05) is 0 Å². The average molecular weight is 272 g/mol. The number of nitrogens with zero attached hydrogens (tertiary/aromatic N) is 3. The number of carboxylic acid groups (broad SMARTS) is 1. The van der Waals surface area contributed by atoms with Gasteiger partial charge in [0.15, 0.2) is 0 Å². The van der Waals surface area contributed by atoms with Gasteiger partial charge in [0.1, 0.15) is 16.9 Å². The Labute approximate surface area is 107 Å². The zero-order chi connectivity index (χ0) is 13.3. The normalized spacial score (nSPS) is 23.1. The van der Waals surface area contributed by atoms with Crippen LogP contribution >= 0.6 is 11.6 Å². The highest BCUT2D eigenvalue weighted by molar-refractivity contribution is 6.29.